The standard InChI is InChI=1S/C9H14F4O2/c10-8(5-9(11,12)13)14-4-2-1-3-7-6-15-7/h7-8H,1-6H2. The van der Waals surface area contributed by atoms with Crippen LogP contribution in [-0.4, -0.2) is 31.9 Å². The third kappa shape index (κ3) is 7.56. The van der Waals surface area contributed by atoms with Gasteiger partial charge in [-0.15, -0.1) is 0 Å². The highest BCUT2D eigenvalue weighted by Crippen LogP contribution is 2.23. The van der Waals surface area contributed by atoms with Crippen molar-refractivity contribution >= 4 is 0 Å². The lowest BCUT2D eigenvalue weighted by Gasteiger charge is -2.11. The third-order valence-corrected chi connectivity index (χ3v) is 2.01. The van der Waals surface area contributed by atoms with Crippen LogP contribution in [0.4, 0.5) is 17.6 Å². The van der Waals surface area contributed by atoms with Crippen LogP contribution in [0, 0.1) is 0 Å². The summed E-state index contributed by atoms with van der Waals surface area (Å²) in [6, 6.07) is 0. The summed E-state index contributed by atoms with van der Waals surface area (Å²) >= 11 is 0. The normalized spacial score (nSPS) is 22.8. The first kappa shape index (κ1) is 12.7. The van der Waals surface area contributed by atoms with E-state index in [9.17, 15) is 17.6 Å². The maximum Gasteiger partial charge on any atom is 0.394 e. The van der Waals surface area contributed by atoms with E-state index >= 15 is 0 Å². The van der Waals surface area contributed by atoms with E-state index in [-0.39, 0.29) is 6.61 Å². The van der Waals surface area contributed by atoms with Gasteiger partial charge in [-0.1, -0.05) is 0 Å². The van der Waals surface area contributed by atoms with E-state index in [2.05, 4.69) is 4.74 Å². The van der Waals surface area contributed by atoms with Crippen molar-refractivity contribution < 1.29 is 27.0 Å². The van der Waals surface area contributed by atoms with Gasteiger partial charge in [-0.25, -0.2) is 4.39 Å². The summed E-state index contributed by atoms with van der Waals surface area (Å²) in [5, 5.41) is 0. The highest BCUT2D eigenvalue weighted by Gasteiger charge is 2.32. The Kier molecular flexibility index (Phi) is 4.79. The van der Waals surface area contributed by atoms with E-state index in [0.717, 1.165) is 19.4 Å². The topological polar surface area (TPSA) is 21.8 Å². The number of alkyl halides is 4. The van der Waals surface area contributed by atoms with Gasteiger partial charge >= 0.3 is 6.18 Å². The molecule has 0 aromatic carbocycles. The molecule has 6 heteroatoms. The highest BCUT2D eigenvalue weighted by molar-refractivity contribution is 4.68. The van der Waals surface area contributed by atoms with Gasteiger partial charge in [0, 0.05) is 0 Å². The summed E-state index contributed by atoms with van der Waals surface area (Å²) in [6.07, 6.45) is -5.72. The Bertz CT molecular complexity index is 179. The summed E-state index contributed by atoms with van der Waals surface area (Å²) < 4.78 is 56.8. The molecule has 0 radical (unpaired) electrons. The SMILES string of the molecule is FC(CC(F)(F)F)OCCCCC1CO1. The van der Waals surface area contributed by atoms with E-state index < -0.39 is 19.0 Å². The van der Waals surface area contributed by atoms with Gasteiger partial charge in [0.1, 0.15) is 0 Å². The van der Waals surface area contributed by atoms with Gasteiger partial charge in [0.25, 0.3) is 0 Å². The van der Waals surface area contributed by atoms with Crippen LogP contribution in [0.5, 0.6) is 0 Å². The maximum absolute atomic E-state index is 12.5. The quantitative estimate of drug-likeness (QED) is 0.381. The van der Waals surface area contributed by atoms with Crippen molar-refractivity contribution in [1.82, 2.24) is 0 Å². The Morgan fingerprint density at radius 2 is 2.00 bits per heavy atom. The van der Waals surface area contributed by atoms with Crippen LogP contribution in [0.15, 0.2) is 0 Å². The number of unbranched alkanes of at least 4 members (excludes halogenated alkanes) is 1. The van der Waals surface area contributed by atoms with Crippen LogP contribution in [0.3, 0.4) is 0 Å². The summed E-state index contributed by atoms with van der Waals surface area (Å²) in [5.74, 6) is 0. The van der Waals surface area contributed by atoms with Crippen LogP contribution < -0.4 is 0 Å². The monoisotopic (exact) mass is 230 g/mol. The van der Waals surface area contributed by atoms with Crippen LogP contribution in [0.1, 0.15) is 25.7 Å². The molecule has 0 saturated carbocycles. The zero-order chi connectivity index (χ0) is 11.3. The first-order valence-electron chi connectivity index (χ1n) is 4.91. The molecule has 1 heterocycles. The van der Waals surface area contributed by atoms with Crippen molar-refractivity contribution in [2.24, 2.45) is 0 Å². The minimum atomic E-state index is -4.50. The summed E-state index contributed by atoms with van der Waals surface area (Å²) in [6.45, 7) is 0.796. The lowest BCUT2D eigenvalue weighted by Crippen LogP contribution is -2.19. The molecule has 0 amide bonds. The van der Waals surface area contributed by atoms with E-state index in [0.29, 0.717) is 12.5 Å². The highest BCUT2D eigenvalue weighted by atomic mass is 19.4. The Hall–Kier alpha value is -0.360. The molecule has 0 aromatic heterocycles. The van der Waals surface area contributed by atoms with E-state index in [4.69, 9.17) is 4.74 Å². The minimum Gasteiger partial charge on any atom is -0.373 e. The Morgan fingerprint density at radius 3 is 2.53 bits per heavy atom. The fourth-order valence-corrected chi connectivity index (χ4v) is 1.16. The number of hydrogen-bond donors (Lipinski definition) is 0. The van der Waals surface area contributed by atoms with Gasteiger partial charge in [-0.2, -0.15) is 13.2 Å². The molecule has 0 spiro atoms. The van der Waals surface area contributed by atoms with E-state index in [1.54, 1.807) is 0 Å². The molecule has 2 unspecified atom stereocenters. The predicted molar refractivity (Wildman–Crippen MR) is 45.1 cm³/mol. The predicted octanol–water partition coefficient (Wildman–Crippen LogP) is 2.82. The fourth-order valence-electron chi connectivity index (χ4n) is 1.16. The smallest absolute Gasteiger partial charge is 0.373 e. The number of halogens is 4. The van der Waals surface area contributed by atoms with Crippen LogP contribution in [0.2, 0.25) is 0 Å². The number of hydrogen-bond acceptors (Lipinski definition) is 2. The molecule has 0 bridgehead atoms. The lowest BCUT2D eigenvalue weighted by atomic mass is 10.2. The Balaban J connectivity index is 1.89. The Labute approximate surface area is 85.5 Å². The van der Waals surface area contributed by atoms with Crippen LogP contribution in [0.25, 0.3) is 0 Å². The molecule has 2 nitrogen and oxygen atoms in total. The first-order valence-corrected chi connectivity index (χ1v) is 4.91. The second kappa shape index (κ2) is 5.65. The van der Waals surface area contributed by atoms with Gasteiger partial charge < -0.3 is 9.47 Å². The zero-order valence-corrected chi connectivity index (χ0v) is 8.23. The summed E-state index contributed by atoms with van der Waals surface area (Å²) in [5.41, 5.74) is 0. The number of ether oxygens (including phenoxy) is 2. The molecule has 1 aliphatic rings. The molecule has 1 saturated heterocycles. The van der Waals surface area contributed by atoms with Gasteiger partial charge in [0.05, 0.1) is 25.7 Å². The molecular formula is C9H14F4O2. The summed E-state index contributed by atoms with van der Waals surface area (Å²) in [4.78, 5) is 0. The first-order chi connectivity index (χ1) is 6.97. The molecule has 1 fully saturated rings. The zero-order valence-electron chi connectivity index (χ0n) is 8.23. The van der Waals surface area contributed by atoms with E-state index in [1.807, 2.05) is 0 Å². The second-order valence-electron chi connectivity index (χ2n) is 3.55. The van der Waals surface area contributed by atoms with Crippen molar-refractivity contribution in [3.8, 4) is 0 Å². The van der Waals surface area contributed by atoms with Crippen molar-refractivity contribution in [3.63, 3.8) is 0 Å². The Morgan fingerprint density at radius 1 is 1.33 bits per heavy atom. The molecule has 15 heavy (non-hydrogen) atoms. The van der Waals surface area contributed by atoms with Gasteiger partial charge in [-0.05, 0) is 19.3 Å². The molecule has 1 aliphatic heterocycles. The number of rotatable bonds is 7. The second-order valence-corrected chi connectivity index (χ2v) is 3.55. The molecular weight excluding hydrogens is 216 g/mol. The molecule has 1 rings (SSSR count). The maximum atomic E-state index is 12.5. The van der Waals surface area contributed by atoms with Crippen molar-refractivity contribution in [2.45, 2.75) is 44.3 Å². The average molecular weight is 230 g/mol. The van der Waals surface area contributed by atoms with Crippen LogP contribution >= 0.6 is 0 Å². The summed E-state index contributed by atoms with van der Waals surface area (Å²) in [7, 11) is 0. The fraction of sp³-hybridized carbons (Fsp3) is 1.00. The van der Waals surface area contributed by atoms with Crippen LogP contribution in [-0.2, 0) is 9.47 Å². The molecule has 90 valence electrons. The number of epoxide rings is 1. The van der Waals surface area contributed by atoms with Crippen molar-refractivity contribution in [2.75, 3.05) is 13.2 Å². The van der Waals surface area contributed by atoms with Crippen molar-refractivity contribution in [3.05, 3.63) is 0 Å². The van der Waals surface area contributed by atoms with Gasteiger partial charge in [0.15, 0.2) is 0 Å². The van der Waals surface area contributed by atoms with Gasteiger partial charge in [0.2, 0.25) is 6.36 Å². The van der Waals surface area contributed by atoms with E-state index in [1.165, 1.54) is 0 Å². The molecule has 2 atom stereocenters. The molecule has 0 N–H and O–H groups in total. The molecule has 0 aliphatic carbocycles. The largest absolute Gasteiger partial charge is 0.394 e. The molecule has 0 aromatic rings. The van der Waals surface area contributed by atoms with Crippen molar-refractivity contribution in [1.29, 1.82) is 0 Å². The lowest BCUT2D eigenvalue weighted by molar-refractivity contribution is -0.183. The van der Waals surface area contributed by atoms with Gasteiger partial charge in [-0.3, -0.25) is 0 Å². The average Bonchev–Trinajstić information content (AvgIpc) is 2.83. The minimum absolute atomic E-state index is 0.0317. The third-order valence-electron chi connectivity index (χ3n) is 2.01.